The summed E-state index contributed by atoms with van der Waals surface area (Å²) < 4.78 is 10.4. The number of methoxy groups -OCH3 is 1. The SMILES string of the molecule is COc1ccccc1/C=C\C(=O)NC(=S)NCc1ccco1. The van der Waals surface area contributed by atoms with Crippen LogP contribution in [0.5, 0.6) is 5.75 Å². The molecule has 0 saturated carbocycles. The lowest BCUT2D eigenvalue weighted by molar-refractivity contribution is -0.115. The number of furan rings is 1. The Bertz CT molecular complexity index is 666. The molecule has 0 radical (unpaired) electrons. The highest BCUT2D eigenvalue weighted by Crippen LogP contribution is 2.18. The normalized spacial score (nSPS) is 10.4. The van der Waals surface area contributed by atoms with Crippen molar-refractivity contribution in [3.05, 3.63) is 60.1 Å². The van der Waals surface area contributed by atoms with Gasteiger partial charge in [-0.3, -0.25) is 10.1 Å². The minimum absolute atomic E-state index is 0.242. The van der Waals surface area contributed by atoms with Crippen LogP contribution in [0.1, 0.15) is 11.3 Å². The summed E-state index contributed by atoms with van der Waals surface area (Å²) in [6.07, 6.45) is 4.65. The molecule has 0 unspecified atom stereocenters. The molecule has 0 aliphatic heterocycles. The van der Waals surface area contributed by atoms with Gasteiger partial charge in [-0.25, -0.2) is 0 Å². The van der Waals surface area contributed by atoms with Gasteiger partial charge in [0.05, 0.1) is 19.9 Å². The van der Waals surface area contributed by atoms with E-state index in [0.717, 1.165) is 11.3 Å². The van der Waals surface area contributed by atoms with Gasteiger partial charge in [-0.15, -0.1) is 0 Å². The zero-order chi connectivity index (χ0) is 15.8. The second kappa shape index (κ2) is 7.99. The molecule has 1 amide bonds. The van der Waals surface area contributed by atoms with Crippen molar-refractivity contribution in [2.24, 2.45) is 0 Å². The molecule has 0 aliphatic rings. The molecule has 0 fully saturated rings. The maximum Gasteiger partial charge on any atom is 0.250 e. The van der Waals surface area contributed by atoms with E-state index in [-0.39, 0.29) is 11.0 Å². The predicted octanol–water partition coefficient (Wildman–Crippen LogP) is 2.49. The number of ether oxygens (including phenoxy) is 1. The molecule has 5 nitrogen and oxygen atoms in total. The number of hydrogen-bond acceptors (Lipinski definition) is 4. The van der Waals surface area contributed by atoms with E-state index in [0.29, 0.717) is 12.3 Å². The van der Waals surface area contributed by atoms with E-state index >= 15 is 0 Å². The fraction of sp³-hybridized carbons (Fsp3) is 0.125. The second-order valence-electron chi connectivity index (χ2n) is 4.33. The number of carbonyl (C=O) groups is 1. The minimum atomic E-state index is -0.317. The van der Waals surface area contributed by atoms with Gasteiger partial charge in [-0.2, -0.15) is 0 Å². The lowest BCUT2D eigenvalue weighted by Gasteiger charge is -2.06. The zero-order valence-electron chi connectivity index (χ0n) is 12.0. The van der Waals surface area contributed by atoms with Crippen LogP contribution in [0.25, 0.3) is 6.08 Å². The summed E-state index contributed by atoms with van der Waals surface area (Å²) in [6, 6.07) is 11.0. The number of amides is 1. The van der Waals surface area contributed by atoms with Gasteiger partial charge < -0.3 is 14.5 Å². The van der Waals surface area contributed by atoms with Gasteiger partial charge >= 0.3 is 0 Å². The molecule has 1 aromatic carbocycles. The number of hydrogen-bond donors (Lipinski definition) is 2. The minimum Gasteiger partial charge on any atom is -0.496 e. The van der Waals surface area contributed by atoms with Gasteiger partial charge in [0.1, 0.15) is 11.5 Å². The average molecular weight is 316 g/mol. The maximum atomic E-state index is 11.8. The van der Waals surface area contributed by atoms with E-state index in [1.165, 1.54) is 6.08 Å². The molecule has 2 rings (SSSR count). The lowest BCUT2D eigenvalue weighted by Crippen LogP contribution is -2.37. The van der Waals surface area contributed by atoms with Crippen molar-refractivity contribution in [2.75, 3.05) is 7.11 Å². The number of nitrogens with one attached hydrogen (secondary N) is 2. The molecule has 2 N–H and O–H groups in total. The van der Waals surface area contributed by atoms with Crippen molar-refractivity contribution in [1.82, 2.24) is 10.6 Å². The Morgan fingerprint density at radius 3 is 2.86 bits per heavy atom. The molecule has 6 heteroatoms. The fourth-order valence-corrected chi connectivity index (χ4v) is 1.92. The van der Waals surface area contributed by atoms with Crippen LogP contribution in [0.4, 0.5) is 0 Å². The second-order valence-corrected chi connectivity index (χ2v) is 4.73. The van der Waals surface area contributed by atoms with Crippen molar-refractivity contribution in [1.29, 1.82) is 0 Å². The van der Waals surface area contributed by atoms with Gasteiger partial charge in [0.15, 0.2) is 5.11 Å². The molecule has 0 bridgehead atoms. The molecule has 0 atom stereocenters. The Morgan fingerprint density at radius 1 is 1.32 bits per heavy atom. The van der Waals surface area contributed by atoms with Crippen LogP contribution < -0.4 is 15.4 Å². The van der Waals surface area contributed by atoms with Crippen LogP contribution in [0.3, 0.4) is 0 Å². The highest BCUT2D eigenvalue weighted by Gasteiger charge is 2.03. The first kappa shape index (κ1) is 15.8. The standard InChI is InChI=1S/C16H16N2O3S/c1-20-14-7-3-2-5-12(14)8-9-15(19)18-16(22)17-11-13-6-4-10-21-13/h2-10H,11H2,1H3,(H2,17,18,19,22)/b9-8-. The van der Waals surface area contributed by atoms with E-state index in [4.69, 9.17) is 21.4 Å². The quantitative estimate of drug-likeness (QED) is 0.655. The van der Waals surface area contributed by atoms with E-state index in [2.05, 4.69) is 10.6 Å². The Labute approximate surface area is 134 Å². The lowest BCUT2D eigenvalue weighted by atomic mass is 10.2. The van der Waals surface area contributed by atoms with Crippen LogP contribution in [0.15, 0.2) is 53.2 Å². The van der Waals surface area contributed by atoms with Gasteiger partial charge in [-0.1, -0.05) is 18.2 Å². The Hall–Kier alpha value is -2.60. The molecule has 114 valence electrons. The highest BCUT2D eigenvalue weighted by molar-refractivity contribution is 7.80. The van der Waals surface area contributed by atoms with Gasteiger partial charge in [0, 0.05) is 11.6 Å². The fourth-order valence-electron chi connectivity index (χ4n) is 1.75. The number of thiocarbonyl (C=S) groups is 1. The summed E-state index contributed by atoms with van der Waals surface area (Å²) in [4.78, 5) is 11.8. The highest BCUT2D eigenvalue weighted by atomic mass is 32.1. The number of benzene rings is 1. The third-order valence-electron chi connectivity index (χ3n) is 2.79. The molecule has 0 saturated heterocycles. The van der Waals surface area contributed by atoms with Crippen LogP contribution in [0, 0.1) is 0 Å². The smallest absolute Gasteiger partial charge is 0.250 e. The molecule has 1 aromatic heterocycles. The van der Waals surface area contributed by atoms with Crippen LogP contribution in [-0.4, -0.2) is 18.1 Å². The summed E-state index contributed by atoms with van der Waals surface area (Å²) in [5.74, 6) is 1.12. The summed E-state index contributed by atoms with van der Waals surface area (Å²) in [6.45, 7) is 0.419. The van der Waals surface area contributed by atoms with E-state index < -0.39 is 0 Å². The van der Waals surface area contributed by atoms with Crippen LogP contribution in [0.2, 0.25) is 0 Å². The third-order valence-corrected chi connectivity index (χ3v) is 3.04. The molecule has 0 spiro atoms. The summed E-state index contributed by atoms with van der Waals surface area (Å²) in [5, 5.41) is 5.69. The molecule has 0 aliphatic carbocycles. The number of carbonyl (C=O) groups excluding carboxylic acids is 1. The Balaban J connectivity index is 1.84. The summed E-state index contributed by atoms with van der Waals surface area (Å²) >= 11 is 5.04. The molecule has 22 heavy (non-hydrogen) atoms. The van der Waals surface area contributed by atoms with Gasteiger partial charge in [0.2, 0.25) is 5.91 Å². The van der Waals surface area contributed by atoms with Crippen molar-refractivity contribution in [2.45, 2.75) is 6.54 Å². The predicted molar refractivity (Wildman–Crippen MR) is 88.3 cm³/mol. The third kappa shape index (κ3) is 4.75. The monoisotopic (exact) mass is 316 g/mol. The maximum absolute atomic E-state index is 11.8. The van der Waals surface area contributed by atoms with Crippen molar-refractivity contribution < 1.29 is 13.9 Å². The van der Waals surface area contributed by atoms with Crippen LogP contribution >= 0.6 is 12.2 Å². The van der Waals surface area contributed by atoms with Crippen LogP contribution in [-0.2, 0) is 11.3 Å². The Morgan fingerprint density at radius 2 is 2.14 bits per heavy atom. The van der Waals surface area contributed by atoms with Gasteiger partial charge in [0.25, 0.3) is 0 Å². The average Bonchev–Trinajstić information content (AvgIpc) is 3.04. The van der Waals surface area contributed by atoms with Crippen molar-refractivity contribution >= 4 is 29.3 Å². The molecule has 2 aromatic rings. The molecule has 1 heterocycles. The zero-order valence-corrected chi connectivity index (χ0v) is 12.9. The van der Waals surface area contributed by atoms with E-state index in [9.17, 15) is 4.79 Å². The van der Waals surface area contributed by atoms with Gasteiger partial charge in [-0.05, 0) is 36.5 Å². The Kier molecular flexibility index (Phi) is 5.73. The first-order valence-electron chi connectivity index (χ1n) is 6.61. The topological polar surface area (TPSA) is 63.5 Å². The molecular formula is C16H16N2O3S. The van der Waals surface area contributed by atoms with Crippen molar-refractivity contribution in [3.8, 4) is 5.75 Å². The first-order valence-corrected chi connectivity index (χ1v) is 7.02. The number of para-hydroxylation sites is 1. The molecular weight excluding hydrogens is 300 g/mol. The largest absolute Gasteiger partial charge is 0.496 e. The van der Waals surface area contributed by atoms with E-state index in [1.807, 2.05) is 30.3 Å². The summed E-state index contributed by atoms with van der Waals surface area (Å²) in [7, 11) is 1.58. The number of rotatable bonds is 5. The first-order chi connectivity index (χ1) is 10.7. The summed E-state index contributed by atoms with van der Waals surface area (Å²) in [5.41, 5.74) is 0.814. The van der Waals surface area contributed by atoms with E-state index in [1.54, 1.807) is 25.5 Å². The van der Waals surface area contributed by atoms with Crippen molar-refractivity contribution in [3.63, 3.8) is 0 Å².